The molecule has 0 saturated heterocycles. The topological polar surface area (TPSA) is 64.7 Å². The van der Waals surface area contributed by atoms with Crippen molar-refractivity contribution in [1.82, 2.24) is 19.9 Å². The third-order valence-electron chi connectivity index (χ3n) is 7.43. The first-order valence-corrected chi connectivity index (χ1v) is 14.0. The Balaban J connectivity index is 1.35. The second-order valence-corrected chi connectivity index (χ2v) is 10.5. The van der Waals surface area contributed by atoms with Gasteiger partial charge in [-0.05, 0) is 35.4 Å². The normalized spacial score (nSPS) is 11.5. The van der Waals surface area contributed by atoms with Crippen molar-refractivity contribution in [3.05, 3.63) is 132 Å². The van der Waals surface area contributed by atoms with Gasteiger partial charge in [0.1, 0.15) is 0 Å². The molecule has 0 fully saturated rings. The Morgan fingerprint density at radius 3 is 1.81 bits per heavy atom. The molecule has 3 aromatic heterocycles. The number of halogens is 1. The largest absolute Gasteiger partial charge is 0.436 e. The Morgan fingerprint density at radius 2 is 1.07 bits per heavy atom. The van der Waals surface area contributed by atoms with E-state index < -0.39 is 0 Å². The van der Waals surface area contributed by atoms with Crippen LogP contribution in [-0.2, 0) is 0 Å². The smallest absolute Gasteiger partial charge is 0.227 e. The van der Waals surface area contributed by atoms with E-state index in [-0.39, 0.29) is 0 Å². The fourth-order valence-corrected chi connectivity index (χ4v) is 5.54. The first-order chi connectivity index (χ1) is 20.7. The Bertz CT molecular complexity index is 2250. The minimum absolute atomic E-state index is 0.505. The lowest BCUT2D eigenvalue weighted by molar-refractivity contribution is 0.656. The minimum Gasteiger partial charge on any atom is -0.436 e. The molecular formula is C36H21ClN4O. The van der Waals surface area contributed by atoms with Crippen LogP contribution in [0.3, 0.4) is 0 Å². The van der Waals surface area contributed by atoms with E-state index in [2.05, 4.69) is 42.5 Å². The van der Waals surface area contributed by atoms with Crippen molar-refractivity contribution in [2.24, 2.45) is 0 Å². The number of fused-ring (bicyclic) bond motifs is 4. The summed E-state index contributed by atoms with van der Waals surface area (Å²) in [4.78, 5) is 19.7. The van der Waals surface area contributed by atoms with Crippen LogP contribution in [0.1, 0.15) is 0 Å². The van der Waals surface area contributed by atoms with Crippen LogP contribution < -0.4 is 0 Å². The standard InChI is InChI=1S/C36H21ClN4O/c37-29-20-19-27(31-28-21-26-13-7-8-14-30(26)38-36(28)42-32(29)31)35-40-33(24-11-5-2-6-12-24)39-34(41-35)25-17-15-23(16-18-25)22-9-3-1-4-10-22/h1-21H. The van der Waals surface area contributed by atoms with Gasteiger partial charge in [-0.25, -0.2) is 19.9 Å². The predicted molar refractivity (Wildman–Crippen MR) is 169 cm³/mol. The molecule has 198 valence electrons. The average Bonchev–Trinajstić information content (AvgIpc) is 3.44. The predicted octanol–water partition coefficient (Wildman–Crippen LogP) is 9.64. The second kappa shape index (κ2) is 9.91. The summed E-state index contributed by atoms with van der Waals surface area (Å²) in [6, 6.07) is 42.4. The molecule has 0 aliphatic rings. The number of pyridine rings is 1. The molecule has 8 rings (SSSR count). The van der Waals surface area contributed by atoms with Crippen LogP contribution in [-0.4, -0.2) is 19.9 Å². The highest BCUT2D eigenvalue weighted by atomic mass is 35.5. The van der Waals surface area contributed by atoms with Gasteiger partial charge in [-0.1, -0.05) is 115 Å². The number of furan rings is 1. The Morgan fingerprint density at radius 1 is 0.500 bits per heavy atom. The summed E-state index contributed by atoms with van der Waals surface area (Å²) in [5.41, 5.74) is 6.81. The number of benzene rings is 5. The second-order valence-electron chi connectivity index (χ2n) is 10.1. The third-order valence-corrected chi connectivity index (χ3v) is 7.72. The van der Waals surface area contributed by atoms with Gasteiger partial charge in [0.05, 0.1) is 10.5 Å². The number of rotatable bonds is 4. The number of hydrogen-bond donors (Lipinski definition) is 0. The van der Waals surface area contributed by atoms with Gasteiger partial charge >= 0.3 is 0 Å². The van der Waals surface area contributed by atoms with E-state index in [4.69, 9.17) is 36.0 Å². The molecule has 5 nitrogen and oxygen atoms in total. The molecular weight excluding hydrogens is 540 g/mol. The monoisotopic (exact) mass is 560 g/mol. The lowest BCUT2D eigenvalue weighted by Crippen LogP contribution is -2.00. The number of hydrogen-bond acceptors (Lipinski definition) is 5. The maximum Gasteiger partial charge on any atom is 0.227 e. The Labute approximate surface area is 246 Å². The summed E-state index contributed by atoms with van der Waals surface area (Å²) in [5.74, 6) is 1.70. The molecule has 0 saturated carbocycles. The van der Waals surface area contributed by atoms with Gasteiger partial charge in [-0.15, -0.1) is 0 Å². The average molecular weight is 561 g/mol. The Hall–Kier alpha value is -5.39. The van der Waals surface area contributed by atoms with Crippen molar-refractivity contribution in [3.63, 3.8) is 0 Å². The van der Waals surface area contributed by atoms with Gasteiger partial charge in [-0.2, -0.15) is 0 Å². The fourth-order valence-electron chi connectivity index (χ4n) is 5.35. The van der Waals surface area contributed by atoms with Crippen molar-refractivity contribution in [2.75, 3.05) is 0 Å². The number of aromatic nitrogens is 4. The highest BCUT2D eigenvalue weighted by Crippen LogP contribution is 2.40. The van der Waals surface area contributed by atoms with Crippen molar-refractivity contribution >= 4 is 44.6 Å². The van der Waals surface area contributed by atoms with Gasteiger partial charge < -0.3 is 4.42 Å². The van der Waals surface area contributed by atoms with Gasteiger partial charge in [0.15, 0.2) is 23.1 Å². The molecule has 0 atom stereocenters. The van der Waals surface area contributed by atoms with Crippen LogP contribution in [0.4, 0.5) is 0 Å². The first-order valence-electron chi connectivity index (χ1n) is 13.6. The molecule has 8 aromatic rings. The lowest BCUT2D eigenvalue weighted by atomic mass is 10.0. The molecule has 3 heterocycles. The van der Waals surface area contributed by atoms with E-state index in [0.717, 1.165) is 49.5 Å². The zero-order valence-electron chi connectivity index (χ0n) is 22.2. The van der Waals surface area contributed by atoms with Gasteiger partial charge in [0.25, 0.3) is 0 Å². The van der Waals surface area contributed by atoms with E-state index in [9.17, 15) is 0 Å². The van der Waals surface area contributed by atoms with Gasteiger partial charge in [-0.3, -0.25) is 0 Å². The van der Waals surface area contributed by atoms with Crippen LogP contribution in [0.25, 0.3) is 78.3 Å². The SMILES string of the molecule is Clc1ccc(-c2nc(-c3ccccc3)nc(-c3ccc(-c4ccccc4)cc3)n2)c2c1oc1nc3ccccc3cc12. The molecule has 42 heavy (non-hydrogen) atoms. The lowest BCUT2D eigenvalue weighted by Gasteiger charge is -2.10. The first kappa shape index (κ1) is 24.4. The zero-order chi connectivity index (χ0) is 28.0. The van der Waals surface area contributed by atoms with Crippen LogP contribution in [0.2, 0.25) is 5.02 Å². The van der Waals surface area contributed by atoms with Crippen LogP contribution in [0.5, 0.6) is 0 Å². The van der Waals surface area contributed by atoms with E-state index >= 15 is 0 Å². The van der Waals surface area contributed by atoms with Gasteiger partial charge in [0, 0.05) is 32.8 Å². The molecule has 5 aromatic carbocycles. The maximum absolute atomic E-state index is 6.66. The maximum atomic E-state index is 6.66. The summed E-state index contributed by atoms with van der Waals surface area (Å²) < 4.78 is 6.22. The fraction of sp³-hybridized carbons (Fsp3) is 0. The molecule has 0 bridgehead atoms. The quantitative estimate of drug-likeness (QED) is 0.214. The van der Waals surface area contributed by atoms with Crippen molar-refractivity contribution < 1.29 is 4.42 Å². The molecule has 0 N–H and O–H groups in total. The highest BCUT2D eigenvalue weighted by molar-refractivity contribution is 6.36. The molecule has 0 unspecified atom stereocenters. The molecule has 0 aliphatic heterocycles. The van der Waals surface area contributed by atoms with Crippen molar-refractivity contribution in [3.8, 4) is 45.3 Å². The molecule has 6 heteroatoms. The summed E-state index contributed by atoms with van der Waals surface area (Å²) in [7, 11) is 0. The van der Waals surface area contributed by atoms with Crippen molar-refractivity contribution in [2.45, 2.75) is 0 Å². The highest BCUT2D eigenvalue weighted by Gasteiger charge is 2.20. The van der Waals surface area contributed by atoms with E-state index in [1.807, 2.05) is 84.9 Å². The third kappa shape index (κ3) is 4.19. The van der Waals surface area contributed by atoms with E-state index in [0.29, 0.717) is 33.8 Å². The van der Waals surface area contributed by atoms with E-state index in [1.54, 1.807) is 0 Å². The summed E-state index contributed by atoms with van der Waals surface area (Å²) >= 11 is 6.66. The minimum atomic E-state index is 0.505. The zero-order valence-corrected chi connectivity index (χ0v) is 23.0. The summed E-state index contributed by atoms with van der Waals surface area (Å²) in [6.45, 7) is 0. The van der Waals surface area contributed by atoms with Gasteiger partial charge in [0.2, 0.25) is 5.71 Å². The molecule has 0 amide bonds. The molecule has 0 aliphatic carbocycles. The van der Waals surface area contributed by atoms with Crippen LogP contribution >= 0.6 is 11.6 Å². The number of nitrogens with zero attached hydrogens (tertiary/aromatic N) is 4. The molecule has 0 spiro atoms. The van der Waals surface area contributed by atoms with Crippen molar-refractivity contribution in [1.29, 1.82) is 0 Å². The van der Waals surface area contributed by atoms with Crippen LogP contribution in [0.15, 0.2) is 132 Å². The molecule has 0 radical (unpaired) electrons. The summed E-state index contributed by atoms with van der Waals surface area (Å²) in [6.07, 6.45) is 0. The van der Waals surface area contributed by atoms with Crippen LogP contribution in [0, 0.1) is 0 Å². The summed E-state index contributed by atoms with van der Waals surface area (Å²) in [5, 5.41) is 3.20. The Kier molecular flexibility index (Phi) is 5.76. The van der Waals surface area contributed by atoms with E-state index in [1.165, 1.54) is 0 Å². The number of para-hydroxylation sites is 1.